The molecule has 1 nitrogen and oxygen atoms in total. The number of benzene rings is 1. The predicted molar refractivity (Wildman–Crippen MR) is 52.7 cm³/mol. The molecule has 5 heteroatoms. The van der Waals surface area contributed by atoms with Crippen molar-refractivity contribution in [2.45, 2.75) is 23.2 Å². The van der Waals surface area contributed by atoms with Crippen LogP contribution in [-0.2, 0) is 11.2 Å². The monoisotopic (exact) mass is 234 g/mol. The highest BCUT2D eigenvalue weighted by Crippen LogP contribution is 2.38. The van der Waals surface area contributed by atoms with E-state index in [0.717, 1.165) is 0 Å². The molecule has 0 atom stereocenters. The summed E-state index contributed by atoms with van der Waals surface area (Å²) in [4.78, 5) is 10.3. The van der Waals surface area contributed by atoms with Gasteiger partial charge in [-0.05, 0) is 29.8 Å². The van der Waals surface area contributed by atoms with E-state index in [4.69, 9.17) is 0 Å². The van der Waals surface area contributed by atoms with Gasteiger partial charge >= 0.3 is 5.51 Å². The first-order valence-corrected chi connectivity index (χ1v) is 5.12. The first-order chi connectivity index (χ1) is 7.03. The van der Waals surface area contributed by atoms with E-state index in [1.807, 2.05) is 0 Å². The van der Waals surface area contributed by atoms with E-state index in [2.05, 4.69) is 0 Å². The number of hydrogen-bond donors (Lipinski definition) is 0. The molecule has 1 aromatic rings. The van der Waals surface area contributed by atoms with Gasteiger partial charge in [0.1, 0.15) is 6.29 Å². The first kappa shape index (κ1) is 12.1. The molecule has 0 saturated heterocycles. The molecule has 0 amide bonds. The molecule has 0 aliphatic rings. The zero-order chi connectivity index (χ0) is 11.3. The van der Waals surface area contributed by atoms with E-state index < -0.39 is 5.51 Å². The van der Waals surface area contributed by atoms with Crippen molar-refractivity contribution in [2.75, 3.05) is 0 Å². The molecule has 0 saturated carbocycles. The average molecular weight is 234 g/mol. The van der Waals surface area contributed by atoms with E-state index in [1.165, 1.54) is 6.07 Å². The second-order valence-electron chi connectivity index (χ2n) is 2.86. The van der Waals surface area contributed by atoms with E-state index in [-0.39, 0.29) is 23.1 Å². The molecule has 0 unspecified atom stereocenters. The molecular weight excluding hydrogens is 225 g/mol. The van der Waals surface area contributed by atoms with Gasteiger partial charge in [0.15, 0.2) is 0 Å². The minimum absolute atomic E-state index is 0.138. The van der Waals surface area contributed by atoms with Gasteiger partial charge in [-0.25, -0.2) is 0 Å². The summed E-state index contributed by atoms with van der Waals surface area (Å²) in [5, 5.41) is 0. The van der Waals surface area contributed by atoms with Gasteiger partial charge in [-0.1, -0.05) is 18.2 Å². The van der Waals surface area contributed by atoms with Crippen molar-refractivity contribution in [2.24, 2.45) is 0 Å². The van der Waals surface area contributed by atoms with Crippen LogP contribution in [0.2, 0.25) is 0 Å². The summed E-state index contributed by atoms with van der Waals surface area (Å²) in [6, 6.07) is 6.24. The van der Waals surface area contributed by atoms with Gasteiger partial charge in [-0.2, -0.15) is 13.2 Å². The number of aldehydes is 1. The van der Waals surface area contributed by atoms with Crippen molar-refractivity contribution in [3.05, 3.63) is 29.8 Å². The largest absolute Gasteiger partial charge is 0.446 e. The summed E-state index contributed by atoms with van der Waals surface area (Å²) in [6.45, 7) is 0. The number of halogens is 3. The third-order valence-corrected chi connectivity index (χ3v) is 2.58. The second kappa shape index (κ2) is 5.21. The lowest BCUT2D eigenvalue weighted by Gasteiger charge is -2.09. The van der Waals surface area contributed by atoms with Crippen molar-refractivity contribution in [1.82, 2.24) is 0 Å². The van der Waals surface area contributed by atoms with E-state index in [9.17, 15) is 18.0 Å². The van der Waals surface area contributed by atoms with Gasteiger partial charge in [0.2, 0.25) is 0 Å². The molecule has 0 fully saturated rings. The Morgan fingerprint density at radius 2 is 1.93 bits per heavy atom. The Morgan fingerprint density at radius 3 is 2.53 bits per heavy atom. The minimum atomic E-state index is -4.28. The van der Waals surface area contributed by atoms with Crippen LogP contribution in [0, 0.1) is 0 Å². The molecule has 82 valence electrons. The van der Waals surface area contributed by atoms with Crippen molar-refractivity contribution >= 4 is 18.0 Å². The first-order valence-electron chi connectivity index (χ1n) is 4.30. The number of hydrogen-bond acceptors (Lipinski definition) is 2. The Bertz CT molecular complexity index is 336. The standard InChI is InChI=1S/C10H9F3OS/c11-10(12,13)15-9-6-2-1-4-8(9)5-3-7-14/h1-2,4,6-7H,3,5H2. The van der Waals surface area contributed by atoms with Crippen molar-refractivity contribution in [3.63, 3.8) is 0 Å². The Kier molecular flexibility index (Phi) is 4.20. The fourth-order valence-electron chi connectivity index (χ4n) is 1.15. The molecule has 0 aromatic heterocycles. The van der Waals surface area contributed by atoms with Gasteiger partial charge in [-0.15, -0.1) is 0 Å². The van der Waals surface area contributed by atoms with Crippen LogP contribution in [0.1, 0.15) is 12.0 Å². The number of carbonyl (C=O) groups is 1. The fourth-order valence-corrected chi connectivity index (χ4v) is 1.85. The van der Waals surface area contributed by atoms with Gasteiger partial charge < -0.3 is 4.79 Å². The van der Waals surface area contributed by atoms with Gasteiger partial charge in [0.25, 0.3) is 0 Å². The predicted octanol–water partition coefficient (Wildman–Crippen LogP) is 3.43. The van der Waals surface area contributed by atoms with Crippen LogP contribution >= 0.6 is 11.8 Å². The van der Waals surface area contributed by atoms with E-state index in [1.54, 1.807) is 18.2 Å². The van der Waals surface area contributed by atoms with Gasteiger partial charge in [-0.3, -0.25) is 0 Å². The normalized spacial score (nSPS) is 11.4. The second-order valence-corrected chi connectivity index (χ2v) is 3.97. The molecule has 1 rings (SSSR count). The zero-order valence-corrected chi connectivity index (χ0v) is 8.57. The summed E-state index contributed by atoms with van der Waals surface area (Å²) in [5.41, 5.74) is -3.72. The van der Waals surface area contributed by atoms with Crippen LogP contribution in [0.15, 0.2) is 29.2 Å². The molecular formula is C10H9F3OS. The van der Waals surface area contributed by atoms with Crippen LogP contribution in [-0.4, -0.2) is 11.8 Å². The summed E-state index contributed by atoms with van der Waals surface area (Å²) in [7, 11) is 0. The molecule has 0 radical (unpaired) electrons. The van der Waals surface area contributed by atoms with E-state index >= 15 is 0 Å². The molecule has 0 spiro atoms. The number of rotatable bonds is 4. The van der Waals surface area contributed by atoms with Crippen LogP contribution in [0.25, 0.3) is 0 Å². The number of aryl methyl sites for hydroxylation is 1. The third-order valence-electron chi connectivity index (χ3n) is 1.73. The lowest BCUT2D eigenvalue weighted by atomic mass is 10.1. The van der Waals surface area contributed by atoms with Gasteiger partial charge in [0, 0.05) is 11.3 Å². The Balaban J connectivity index is 2.81. The van der Waals surface area contributed by atoms with Crippen molar-refractivity contribution in [1.29, 1.82) is 0 Å². The van der Waals surface area contributed by atoms with Crippen molar-refractivity contribution in [3.8, 4) is 0 Å². The summed E-state index contributed by atoms with van der Waals surface area (Å²) < 4.78 is 36.4. The molecule has 0 N–H and O–H groups in total. The topological polar surface area (TPSA) is 17.1 Å². The average Bonchev–Trinajstić information content (AvgIpc) is 2.14. The molecule has 0 aliphatic heterocycles. The fraction of sp³-hybridized carbons (Fsp3) is 0.300. The van der Waals surface area contributed by atoms with E-state index in [0.29, 0.717) is 18.3 Å². The summed E-state index contributed by atoms with van der Waals surface area (Å²) >= 11 is -0.138. The van der Waals surface area contributed by atoms with Crippen LogP contribution in [0.5, 0.6) is 0 Å². The maximum atomic E-state index is 12.1. The number of thioether (sulfide) groups is 1. The highest BCUT2D eigenvalue weighted by molar-refractivity contribution is 8.00. The maximum Gasteiger partial charge on any atom is 0.446 e. The third kappa shape index (κ3) is 4.38. The highest BCUT2D eigenvalue weighted by atomic mass is 32.2. The molecule has 0 bridgehead atoms. The lowest BCUT2D eigenvalue weighted by Crippen LogP contribution is -2.01. The van der Waals surface area contributed by atoms with Crippen molar-refractivity contribution < 1.29 is 18.0 Å². The molecule has 0 heterocycles. The molecule has 0 aliphatic carbocycles. The summed E-state index contributed by atoms with van der Waals surface area (Å²) in [6.07, 6.45) is 1.30. The smallest absolute Gasteiger partial charge is 0.303 e. The zero-order valence-electron chi connectivity index (χ0n) is 7.75. The van der Waals surface area contributed by atoms with Crippen LogP contribution in [0.4, 0.5) is 13.2 Å². The SMILES string of the molecule is O=CCCc1ccccc1SC(F)(F)F. The maximum absolute atomic E-state index is 12.1. The number of carbonyl (C=O) groups excluding carboxylic acids is 1. The highest BCUT2D eigenvalue weighted by Gasteiger charge is 2.30. The van der Waals surface area contributed by atoms with Gasteiger partial charge in [0.05, 0.1) is 0 Å². The Morgan fingerprint density at radius 1 is 1.27 bits per heavy atom. The molecule has 15 heavy (non-hydrogen) atoms. The Hall–Kier alpha value is -0.970. The Labute approximate surface area is 89.7 Å². The van der Waals surface area contributed by atoms with Crippen LogP contribution in [0.3, 0.4) is 0 Å². The minimum Gasteiger partial charge on any atom is -0.303 e. The lowest BCUT2D eigenvalue weighted by molar-refractivity contribution is -0.107. The molecule has 1 aromatic carbocycles. The summed E-state index contributed by atoms with van der Waals surface area (Å²) in [5.74, 6) is 0. The quantitative estimate of drug-likeness (QED) is 0.586. The number of alkyl halides is 3. The van der Waals surface area contributed by atoms with Crippen LogP contribution < -0.4 is 0 Å².